The van der Waals surface area contributed by atoms with Crippen LogP contribution in [0.2, 0.25) is 0 Å². The summed E-state index contributed by atoms with van der Waals surface area (Å²) in [6, 6.07) is -0.424. The largest absolute Gasteiger partial charge is 0.480 e. The Labute approximate surface area is 108 Å². The van der Waals surface area contributed by atoms with Crippen molar-refractivity contribution in [3.63, 3.8) is 0 Å². The summed E-state index contributed by atoms with van der Waals surface area (Å²) in [5.41, 5.74) is 0. The van der Waals surface area contributed by atoms with Crippen LogP contribution in [0.4, 0.5) is 0 Å². The van der Waals surface area contributed by atoms with Crippen molar-refractivity contribution in [2.75, 3.05) is 13.6 Å². The van der Waals surface area contributed by atoms with Gasteiger partial charge in [0.05, 0.1) is 0 Å². The lowest BCUT2D eigenvalue weighted by molar-refractivity contribution is -0.149. The van der Waals surface area contributed by atoms with Gasteiger partial charge >= 0.3 is 5.97 Å². The Morgan fingerprint density at radius 1 is 1.33 bits per heavy atom. The number of hydrogen-bond donors (Lipinski definition) is 2. The fraction of sp³-hybridized carbons (Fsp3) is 0.846. The first-order valence-corrected chi connectivity index (χ1v) is 6.83. The summed E-state index contributed by atoms with van der Waals surface area (Å²) in [6.07, 6.45) is 5.37. The lowest BCUT2D eigenvalue weighted by atomic mass is 9.84. The molecule has 1 aliphatic carbocycles. The Kier molecular flexibility index (Phi) is 4.22. The van der Waals surface area contributed by atoms with Crippen LogP contribution in [0.15, 0.2) is 0 Å². The van der Waals surface area contributed by atoms with Gasteiger partial charge in [-0.1, -0.05) is 12.8 Å². The highest BCUT2D eigenvalue weighted by Gasteiger charge is 2.47. The summed E-state index contributed by atoms with van der Waals surface area (Å²) in [5, 5.41) is 12.2. The van der Waals surface area contributed by atoms with Crippen molar-refractivity contribution in [1.82, 2.24) is 10.2 Å². The lowest BCUT2D eigenvalue weighted by Gasteiger charge is -2.33. The highest BCUT2D eigenvalue weighted by molar-refractivity contribution is 5.84. The molecular formula is C13H22N2O3. The molecule has 0 radical (unpaired) electrons. The predicted molar refractivity (Wildman–Crippen MR) is 67.2 cm³/mol. The molecule has 18 heavy (non-hydrogen) atoms. The maximum absolute atomic E-state index is 12.2. The summed E-state index contributed by atoms with van der Waals surface area (Å²) in [7, 11) is 1.80. The third kappa shape index (κ3) is 2.51. The van der Waals surface area contributed by atoms with E-state index < -0.39 is 12.0 Å². The number of rotatable bonds is 4. The van der Waals surface area contributed by atoms with E-state index in [1.807, 2.05) is 0 Å². The van der Waals surface area contributed by atoms with E-state index in [1.54, 1.807) is 11.9 Å². The topological polar surface area (TPSA) is 69.6 Å². The molecule has 1 heterocycles. The van der Waals surface area contributed by atoms with Crippen LogP contribution in [0.3, 0.4) is 0 Å². The summed E-state index contributed by atoms with van der Waals surface area (Å²) in [5.74, 6) is -0.452. The molecule has 1 saturated carbocycles. The Balaban J connectivity index is 2.11. The van der Waals surface area contributed by atoms with Gasteiger partial charge in [0, 0.05) is 19.0 Å². The van der Waals surface area contributed by atoms with Gasteiger partial charge in [-0.2, -0.15) is 0 Å². The summed E-state index contributed by atoms with van der Waals surface area (Å²) in [4.78, 5) is 25.2. The molecule has 1 amide bonds. The average Bonchev–Trinajstić information content (AvgIpc) is 2.75. The van der Waals surface area contributed by atoms with Gasteiger partial charge in [-0.25, -0.2) is 4.79 Å². The number of nitrogens with one attached hydrogen (secondary N) is 1. The lowest BCUT2D eigenvalue weighted by Crippen LogP contribution is -2.46. The van der Waals surface area contributed by atoms with Crippen LogP contribution in [-0.4, -0.2) is 47.6 Å². The van der Waals surface area contributed by atoms with Gasteiger partial charge in [-0.3, -0.25) is 4.79 Å². The first-order valence-electron chi connectivity index (χ1n) is 6.83. The molecule has 0 aromatic carbocycles. The predicted octanol–water partition coefficient (Wildman–Crippen LogP) is 0.840. The number of carbonyl (C=O) groups is 2. The number of aliphatic carboxylic acids is 1. The van der Waals surface area contributed by atoms with Crippen LogP contribution in [-0.2, 0) is 9.59 Å². The number of carboxylic acids is 1. The SMILES string of the molecule is CNCCC(=O)N1C(C(=O)O)CC2CCCCC21. The third-order valence-corrected chi connectivity index (χ3v) is 4.25. The normalized spacial score (nSPS) is 31.2. The second kappa shape index (κ2) is 5.69. The molecule has 0 spiro atoms. The van der Waals surface area contributed by atoms with Crippen LogP contribution >= 0.6 is 0 Å². The number of nitrogens with zero attached hydrogens (tertiary/aromatic N) is 1. The molecule has 5 nitrogen and oxygen atoms in total. The molecule has 2 N–H and O–H groups in total. The van der Waals surface area contributed by atoms with Gasteiger partial charge in [0.25, 0.3) is 0 Å². The van der Waals surface area contributed by atoms with Crippen molar-refractivity contribution in [2.24, 2.45) is 5.92 Å². The summed E-state index contributed by atoms with van der Waals surface area (Å²) < 4.78 is 0. The summed E-state index contributed by atoms with van der Waals surface area (Å²) >= 11 is 0. The van der Waals surface area contributed by atoms with Gasteiger partial charge in [0.2, 0.25) is 5.91 Å². The van der Waals surface area contributed by atoms with E-state index in [2.05, 4.69) is 5.32 Å². The highest BCUT2D eigenvalue weighted by Crippen LogP contribution is 2.40. The standard InChI is InChI=1S/C13H22N2O3/c1-14-7-6-12(16)15-10-5-3-2-4-9(10)8-11(15)13(17)18/h9-11,14H,2-8H2,1H3,(H,17,18). The second-order valence-electron chi connectivity index (χ2n) is 5.36. The first kappa shape index (κ1) is 13.3. The van der Waals surface area contributed by atoms with E-state index in [0.29, 0.717) is 25.3 Å². The molecule has 0 aromatic heterocycles. The highest BCUT2D eigenvalue weighted by atomic mass is 16.4. The molecule has 2 rings (SSSR count). The Morgan fingerprint density at radius 3 is 2.72 bits per heavy atom. The average molecular weight is 254 g/mol. The zero-order valence-electron chi connectivity index (χ0n) is 10.9. The van der Waals surface area contributed by atoms with Crippen LogP contribution in [0.1, 0.15) is 38.5 Å². The molecule has 5 heteroatoms. The van der Waals surface area contributed by atoms with E-state index in [9.17, 15) is 14.7 Å². The Morgan fingerprint density at radius 2 is 2.06 bits per heavy atom. The van der Waals surface area contributed by atoms with Gasteiger partial charge in [0.15, 0.2) is 0 Å². The number of likely N-dealkylation sites (tertiary alicyclic amines) is 1. The Hall–Kier alpha value is -1.10. The zero-order chi connectivity index (χ0) is 13.1. The molecule has 2 aliphatic rings. The molecule has 3 unspecified atom stereocenters. The van der Waals surface area contributed by atoms with Crippen LogP contribution in [0, 0.1) is 5.92 Å². The van der Waals surface area contributed by atoms with Crippen molar-refractivity contribution in [1.29, 1.82) is 0 Å². The molecular weight excluding hydrogens is 232 g/mol. The fourth-order valence-electron chi connectivity index (χ4n) is 3.40. The number of hydrogen-bond acceptors (Lipinski definition) is 3. The number of carboxylic acid groups (broad SMARTS) is 1. The van der Waals surface area contributed by atoms with Crippen molar-refractivity contribution in [3.8, 4) is 0 Å². The molecule has 2 fully saturated rings. The third-order valence-electron chi connectivity index (χ3n) is 4.25. The van der Waals surface area contributed by atoms with Crippen molar-refractivity contribution >= 4 is 11.9 Å². The Bertz CT molecular complexity index is 332. The van der Waals surface area contributed by atoms with E-state index >= 15 is 0 Å². The quantitative estimate of drug-likeness (QED) is 0.780. The van der Waals surface area contributed by atoms with Crippen molar-refractivity contribution in [3.05, 3.63) is 0 Å². The smallest absolute Gasteiger partial charge is 0.326 e. The van der Waals surface area contributed by atoms with E-state index in [-0.39, 0.29) is 11.9 Å². The molecule has 1 aliphatic heterocycles. The molecule has 3 atom stereocenters. The molecule has 1 saturated heterocycles. The minimum Gasteiger partial charge on any atom is -0.480 e. The molecule has 102 valence electrons. The van der Waals surface area contributed by atoms with Crippen LogP contribution < -0.4 is 5.32 Å². The van der Waals surface area contributed by atoms with Gasteiger partial charge in [0.1, 0.15) is 6.04 Å². The van der Waals surface area contributed by atoms with Gasteiger partial charge in [-0.05, 0) is 32.2 Å². The van der Waals surface area contributed by atoms with Crippen LogP contribution in [0.25, 0.3) is 0 Å². The maximum atomic E-state index is 12.2. The van der Waals surface area contributed by atoms with E-state index in [0.717, 1.165) is 19.3 Å². The number of carbonyl (C=O) groups excluding carboxylic acids is 1. The maximum Gasteiger partial charge on any atom is 0.326 e. The van der Waals surface area contributed by atoms with Gasteiger partial charge < -0.3 is 15.3 Å². The first-order chi connectivity index (χ1) is 8.65. The van der Waals surface area contributed by atoms with Crippen molar-refractivity contribution in [2.45, 2.75) is 50.6 Å². The van der Waals surface area contributed by atoms with Crippen molar-refractivity contribution < 1.29 is 14.7 Å². The van der Waals surface area contributed by atoms with E-state index in [1.165, 1.54) is 6.42 Å². The van der Waals surface area contributed by atoms with Crippen LogP contribution in [0.5, 0.6) is 0 Å². The summed E-state index contributed by atoms with van der Waals surface area (Å²) in [6.45, 7) is 0.610. The monoisotopic (exact) mass is 254 g/mol. The minimum atomic E-state index is -0.845. The fourth-order valence-corrected chi connectivity index (χ4v) is 3.40. The number of amides is 1. The molecule has 0 bridgehead atoms. The van der Waals surface area contributed by atoms with Gasteiger partial charge in [-0.15, -0.1) is 0 Å². The minimum absolute atomic E-state index is 0.00819. The second-order valence-corrected chi connectivity index (χ2v) is 5.36. The number of fused-ring (bicyclic) bond motifs is 1. The molecule has 0 aromatic rings. The zero-order valence-corrected chi connectivity index (χ0v) is 10.9. The van der Waals surface area contributed by atoms with E-state index in [4.69, 9.17) is 0 Å².